The molecule has 0 unspecified atom stereocenters. The van der Waals surface area contributed by atoms with Crippen molar-refractivity contribution < 1.29 is 0 Å². The summed E-state index contributed by atoms with van der Waals surface area (Å²) in [7, 11) is 0. The predicted octanol–water partition coefficient (Wildman–Crippen LogP) is 3.41. The van der Waals surface area contributed by atoms with Crippen molar-refractivity contribution in [2.75, 3.05) is 11.9 Å². The standard InChI is InChI=1S/C17H22N4/c1-3-12-11-18-10-9-13(12)17-20-15-8-6-5-7-14(15)16(21-17)19-4-2/h9-11H,3-8H2,1-2H3,(H,19,20,21). The van der Waals surface area contributed by atoms with Gasteiger partial charge in [-0.25, -0.2) is 9.97 Å². The van der Waals surface area contributed by atoms with Crippen LogP contribution in [0.5, 0.6) is 0 Å². The zero-order valence-corrected chi connectivity index (χ0v) is 12.8. The minimum atomic E-state index is 0.839. The van der Waals surface area contributed by atoms with E-state index in [0.717, 1.165) is 43.0 Å². The molecule has 4 heteroatoms. The number of anilines is 1. The van der Waals surface area contributed by atoms with Crippen LogP contribution in [0.25, 0.3) is 11.4 Å². The molecule has 0 aromatic carbocycles. The Bertz CT molecular complexity index is 637. The Hall–Kier alpha value is -1.97. The van der Waals surface area contributed by atoms with Crippen LogP contribution in [0.1, 0.15) is 43.5 Å². The van der Waals surface area contributed by atoms with Crippen LogP contribution in [0.15, 0.2) is 18.5 Å². The van der Waals surface area contributed by atoms with Crippen molar-refractivity contribution in [3.8, 4) is 11.4 Å². The van der Waals surface area contributed by atoms with Gasteiger partial charge < -0.3 is 5.32 Å². The lowest BCUT2D eigenvalue weighted by Gasteiger charge is -2.20. The summed E-state index contributed by atoms with van der Waals surface area (Å²) < 4.78 is 0. The summed E-state index contributed by atoms with van der Waals surface area (Å²) in [5, 5.41) is 3.42. The molecule has 0 aliphatic heterocycles. The Balaban J connectivity index is 2.12. The van der Waals surface area contributed by atoms with Crippen LogP contribution in [0, 0.1) is 0 Å². The Morgan fingerprint density at radius 1 is 1.14 bits per heavy atom. The molecule has 0 saturated carbocycles. The highest BCUT2D eigenvalue weighted by atomic mass is 15.0. The summed E-state index contributed by atoms with van der Waals surface area (Å²) in [5.74, 6) is 1.86. The molecule has 0 amide bonds. The largest absolute Gasteiger partial charge is 0.370 e. The number of nitrogens with one attached hydrogen (secondary N) is 1. The molecule has 0 atom stereocenters. The molecule has 1 aliphatic rings. The molecular weight excluding hydrogens is 260 g/mol. The quantitative estimate of drug-likeness (QED) is 0.933. The van der Waals surface area contributed by atoms with Gasteiger partial charge in [-0.15, -0.1) is 0 Å². The predicted molar refractivity (Wildman–Crippen MR) is 85.4 cm³/mol. The van der Waals surface area contributed by atoms with E-state index in [1.165, 1.54) is 29.7 Å². The Kier molecular flexibility index (Phi) is 4.13. The molecule has 0 radical (unpaired) electrons. The summed E-state index contributed by atoms with van der Waals surface area (Å²) in [6.45, 7) is 5.14. The van der Waals surface area contributed by atoms with E-state index in [1.54, 1.807) is 0 Å². The molecule has 4 nitrogen and oxygen atoms in total. The van der Waals surface area contributed by atoms with Gasteiger partial charge in [0.05, 0.1) is 0 Å². The molecule has 0 saturated heterocycles. The van der Waals surface area contributed by atoms with E-state index in [9.17, 15) is 0 Å². The van der Waals surface area contributed by atoms with E-state index >= 15 is 0 Å². The minimum absolute atomic E-state index is 0.839. The first-order valence-electron chi connectivity index (χ1n) is 7.90. The Morgan fingerprint density at radius 3 is 2.81 bits per heavy atom. The molecule has 2 heterocycles. The van der Waals surface area contributed by atoms with Gasteiger partial charge in [0.1, 0.15) is 5.82 Å². The summed E-state index contributed by atoms with van der Waals surface area (Å²) in [4.78, 5) is 13.9. The Morgan fingerprint density at radius 2 is 2.00 bits per heavy atom. The van der Waals surface area contributed by atoms with Crippen LogP contribution in [0.2, 0.25) is 0 Å². The third kappa shape index (κ3) is 2.75. The van der Waals surface area contributed by atoms with Gasteiger partial charge >= 0.3 is 0 Å². The third-order valence-corrected chi connectivity index (χ3v) is 4.05. The van der Waals surface area contributed by atoms with E-state index in [0.29, 0.717) is 0 Å². The van der Waals surface area contributed by atoms with Crippen LogP contribution in [-0.4, -0.2) is 21.5 Å². The van der Waals surface area contributed by atoms with Gasteiger partial charge in [0.15, 0.2) is 5.82 Å². The maximum Gasteiger partial charge on any atom is 0.162 e. The summed E-state index contributed by atoms with van der Waals surface area (Å²) in [5.41, 5.74) is 4.86. The minimum Gasteiger partial charge on any atom is -0.370 e. The van der Waals surface area contributed by atoms with Gasteiger partial charge in [0.2, 0.25) is 0 Å². The number of pyridine rings is 1. The van der Waals surface area contributed by atoms with Crippen LogP contribution in [0.4, 0.5) is 5.82 Å². The molecule has 0 fully saturated rings. The van der Waals surface area contributed by atoms with Gasteiger partial charge in [0, 0.05) is 35.8 Å². The second kappa shape index (κ2) is 6.20. The van der Waals surface area contributed by atoms with E-state index in [2.05, 4.69) is 24.1 Å². The molecule has 1 aliphatic carbocycles. The fourth-order valence-electron chi connectivity index (χ4n) is 2.96. The molecule has 21 heavy (non-hydrogen) atoms. The smallest absolute Gasteiger partial charge is 0.162 e. The molecule has 0 bridgehead atoms. The first-order valence-corrected chi connectivity index (χ1v) is 7.90. The van der Waals surface area contributed by atoms with Gasteiger partial charge in [-0.1, -0.05) is 6.92 Å². The van der Waals surface area contributed by atoms with Crippen LogP contribution >= 0.6 is 0 Å². The van der Waals surface area contributed by atoms with E-state index in [1.807, 2.05) is 18.5 Å². The topological polar surface area (TPSA) is 50.7 Å². The van der Waals surface area contributed by atoms with Crippen molar-refractivity contribution in [2.45, 2.75) is 46.0 Å². The second-order valence-corrected chi connectivity index (χ2v) is 5.44. The van der Waals surface area contributed by atoms with Crippen molar-refractivity contribution in [1.29, 1.82) is 0 Å². The monoisotopic (exact) mass is 282 g/mol. The SMILES string of the molecule is CCNc1nc(-c2ccncc2CC)nc2c1CCCC2. The van der Waals surface area contributed by atoms with Crippen molar-refractivity contribution in [2.24, 2.45) is 0 Å². The van der Waals surface area contributed by atoms with Crippen molar-refractivity contribution in [3.05, 3.63) is 35.3 Å². The molecule has 2 aromatic heterocycles. The van der Waals surface area contributed by atoms with Gasteiger partial charge in [-0.3, -0.25) is 4.98 Å². The number of nitrogens with zero attached hydrogens (tertiary/aromatic N) is 3. The average Bonchev–Trinajstić information content (AvgIpc) is 2.55. The van der Waals surface area contributed by atoms with Gasteiger partial charge in [-0.05, 0) is 50.7 Å². The van der Waals surface area contributed by atoms with Crippen molar-refractivity contribution in [3.63, 3.8) is 0 Å². The zero-order valence-electron chi connectivity index (χ0n) is 12.8. The highest BCUT2D eigenvalue weighted by Crippen LogP contribution is 2.29. The van der Waals surface area contributed by atoms with Crippen LogP contribution in [0.3, 0.4) is 0 Å². The maximum absolute atomic E-state index is 4.86. The molecule has 1 N–H and O–H groups in total. The average molecular weight is 282 g/mol. The van der Waals surface area contributed by atoms with Crippen molar-refractivity contribution >= 4 is 5.82 Å². The molecular formula is C17H22N4. The molecule has 3 rings (SSSR count). The molecule has 110 valence electrons. The number of aryl methyl sites for hydroxylation is 2. The fraction of sp³-hybridized carbons (Fsp3) is 0.471. The number of hydrogen-bond acceptors (Lipinski definition) is 4. The van der Waals surface area contributed by atoms with Gasteiger partial charge in [-0.2, -0.15) is 0 Å². The normalized spacial score (nSPS) is 13.8. The second-order valence-electron chi connectivity index (χ2n) is 5.44. The van der Waals surface area contributed by atoms with Crippen molar-refractivity contribution in [1.82, 2.24) is 15.0 Å². The third-order valence-electron chi connectivity index (χ3n) is 4.05. The number of hydrogen-bond donors (Lipinski definition) is 1. The van der Waals surface area contributed by atoms with Crippen LogP contribution < -0.4 is 5.32 Å². The maximum atomic E-state index is 4.86. The lowest BCUT2D eigenvalue weighted by atomic mass is 9.96. The lowest BCUT2D eigenvalue weighted by Crippen LogP contribution is -2.13. The number of fused-ring (bicyclic) bond motifs is 1. The van der Waals surface area contributed by atoms with E-state index < -0.39 is 0 Å². The Labute approximate surface area is 126 Å². The summed E-state index contributed by atoms with van der Waals surface area (Å²) in [6.07, 6.45) is 9.32. The highest BCUT2D eigenvalue weighted by Gasteiger charge is 2.19. The van der Waals surface area contributed by atoms with E-state index in [4.69, 9.17) is 9.97 Å². The van der Waals surface area contributed by atoms with E-state index in [-0.39, 0.29) is 0 Å². The fourth-order valence-corrected chi connectivity index (χ4v) is 2.96. The number of rotatable bonds is 4. The first-order chi connectivity index (χ1) is 10.3. The van der Waals surface area contributed by atoms with Gasteiger partial charge in [0.25, 0.3) is 0 Å². The zero-order chi connectivity index (χ0) is 14.7. The summed E-state index contributed by atoms with van der Waals surface area (Å²) >= 11 is 0. The highest BCUT2D eigenvalue weighted by molar-refractivity contribution is 5.63. The molecule has 2 aromatic rings. The summed E-state index contributed by atoms with van der Waals surface area (Å²) in [6, 6.07) is 2.03. The lowest BCUT2D eigenvalue weighted by molar-refractivity contribution is 0.664. The van der Waals surface area contributed by atoms with Crippen LogP contribution in [-0.2, 0) is 19.3 Å². The first kappa shape index (κ1) is 14.0. The molecule has 0 spiro atoms. The number of aromatic nitrogens is 3.